The Morgan fingerprint density at radius 1 is 1.42 bits per heavy atom. The second-order valence-electron chi connectivity index (χ2n) is 4.12. The summed E-state index contributed by atoms with van der Waals surface area (Å²) in [6, 6.07) is 7.40. The van der Waals surface area contributed by atoms with Gasteiger partial charge in [0.1, 0.15) is 12.4 Å². The lowest BCUT2D eigenvalue weighted by Gasteiger charge is -2.13. The molecule has 0 aliphatic heterocycles. The van der Waals surface area contributed by atoms with E-state index in [1.165, 1.54) is 11.3 Å². The summed E-state index contributed by atoms with van der Waals surface area (Å²) in [5.41, 5.74) is 6.74. The minimum atomic E-state index is -0.275. The zero-order valence-corrected chi connectivity index (χ0v) is 11.8. The van der Waals surface area contributed by atoms with Gasteiger partial charge in [-0.15, -0.1) is 11.3 Å². The number of thiazole rings is 1. The molecule has 1 unspecified atom stereocenters. The first-order chi connectivity index (χ1) is 9.19. The fourth-order valence-corrected chi connectivity index (χ4v) is 2.55. The minimum Gasteiger partial charge on any atom is -0.488 e. The molecule has 0 amide bonds. The molecule has 0 spiro atoms. The number of aromatic nitrogens is 1. The Morgan fingerprint density at radius 3 is 2.89 bits per heavy atom. The van der Waals surface area contributed by atoms with Crippen LogP contribution in [0.25, 0.3) is 0 Å². The maximum Gasteiger partial charge on any atom is 0.183 e. The first-order valence-electron chi connectivity index (χ1n) is 5.86. The van der Waals surface area contributed by atoms with Gasteiger partial charge >= 0.3 is 0 Å². The zero-order chi connectivity index (χ0) is 13.7. The zero-order valence-electron chi connectivity index (χ0n) is 10.3. The third kappa shape index (κ3) is 4.18. The molecule has 1 aromatic heterocycles. The highest BCUT2D eigenvalue weighted by Crippen LogP contribution is 2.23. The third-order valence-electron chi connectivity index (χ3n) is 2.58. The van der Waals surface area contributed by atoms with Crippen molar-refractivity contribution in [1.82, 2.24) is 4.98 Å². The number of rotatable bonds is 6. The van der Waals surface area contributed by atoms with Gasteiger partial charge in [-0.25, -0.2) is 4.98 Å². The average molecular weight is 299 g/mol. The van der Waals surface area contributed by atoms with Crippen LogP contribution in [0.5, 0.6) is 5.75 Å². The molecule has 0 aliphatic carbocycles. The molecule has 0 aliphatic rings. The molecule has 1 atom stereocenters. The summed E-state index contributed by atoms with van der Waals surface area (Å²) in [5, 5.41) is 9.01. The van der Waals surface area contributed by atoms with Gasteiger partial charge in [-0.05, 0) is 18.1 Å². The van der Waals surface area contributed by atoms with E-state index < -0.39 is 0 Å². The molecular weight excluding hydrogens is 284 g/mol. The van der Waals surface area contributed by atoms with Crippen LogP contribution in [0.2, 0.25) is 4.47 Å². The van der Waals surface area contributed by atoms with Gasteiger partial charge in [-0.3, -0.25) is 0 Å². The van der Waals surface area contributed by atoms with Crippen LogP contribution in [0.15, 0.2) is 30.5 Å². The number of halogens is 1. The molecule has 1 aromatic carbocycles. The maximum absolute atomic E-state index is 9.01. The van der Waals surface area contributed by atoms with E-state index in [1.807, 2.05) is 24.3 Å². The van der Waals surface area contributed by atoms with Gasteiger partial charge in [0.2, 0.25) is 0 Å². The molecule has 2 rings (SSSR count). The number of hydrogen-bond donors (Lipinski definition) is 2. The van der Waals surface area contributed by atoms with Crippen molar-refractivity contribution in [2.75, 3.05) is 6.61 Å². The van der Waals surface area contributed by atoms with Crippen molar-refractivity contribution < 1.29 is 9.84 Å². The van der Waals surface area contributed by atoms with E-state index in [0.717, 1.165) is 16.2 Å². The van der Waals surface area contributed by atoms with Crippen molar-refractivity contribution in [2.45, 2.75) is 19.1 Å². The normalized spacial score (nSPS) is 12.4. The van der Waals surface area contributed by atoms with Gasteiger partial charge in [-0.2, -0.15) is 0 Å². The summed E-state index contributed by atoms with van der Waals surface area (Å²) in [6.07, 6.45) is 2.28. The van der Waals surface area contributed by atoms with Crippen LogP contribution < -0.4 is 10.5 Å². The quantitative estimate of drug-likeness (QED) is 0.858. The van der Waals surface area contributed by atoms with Crippen LogP contribution >= 0.6 is 22.9 Å². The van der Waals surface area contributed by atoms with Crippen molar-refractivity contribution in [1.29, 1.82) is 0 Å². The van der Waals surface area contributed by atoms with Crippen LogP contribution in [-0.2, 0) is 13.0 Å². The second kappa shape index (κ2) is 6.86. The number of aliphatic hydroxyl groups is 1. The lowest BCUT2D eigenvalue weighted by Crippen LogP contribution is -2.27. The van der Waals surface area contributed by atoms with E-state index in [9.17, 15) is 0 Å². The van der Waals surface area contributed by atoms with E-state index in [4.69, 9.17) is 27.2 Å². The van der Waals surface area contributed by atoms with Crippen LogP contribution in [-0.4, -0.2) is 22.7 Å². The number of ether oxygens (including phenoxy) is 1. The molecule has 19 heavy (non-hydrogen) atoms. The molecular formula is C13H15ClN2O2S. The maximum atomic E-state index is 9.01. The predicted molar refractivity (Wildman–Crippen MR) is 76.7 cm³/mol. The second-order valence-corrected chi connectivity index (χ2v) is 5.82. The minimum absolute atomic E-state index is 0.0429. The Balaban J connectivity index is 2.03. The molecule has 0 saturated heterocycles. The highest BCUT2D eigenvalue weighted by molar-refractivity contribution is 7.15. The predicted octanol–water partition coefficient (Wildman–Crippen LogP) is 2.24. The molecule has 0 bridgehead atoms. The number of aliphatic hydroxyl groups excluding tert-OH is 1. The highest BCUT2D eigenvalue weighted by atomic mass is 35.5. The first-order valence-corrected chi connectivity index (χ1v) is 7.06. The van der Waals surface area contributed by atoms with Crippen LogP contribution in [0.1, 0.15) is 10.4 Å². The van der Waals surface area contributed by atoms with Gasteiger partial charge in [-0.1, -0.05) is 29.8 Å². The van der Waals surface area contributed by atoms with Gasteiger partial charge < -0.3 is 15.6 Å². The lowest BCUT2D eigenvalue weighted by atomic mass is 10.1. The Kier molecular flexibility index (Phi) is 5.15. The van der Waals surface area contributed by atoms with Crippen LogP contribution in [0.4, 0.5) is 0 Å². The summed E-state index contributed by atoms with van der Waals surface area (Å²) >= 11 is 7.16. The average Bonchev–Trinajstić information content (AvgIpc) is 2.83. The number of nitrogens with two attached hydrogens (primary N) is 1. The molecule has 4 nitrogen and oxygen atoms in total. The Labute approximate surface area is 120 Å². The van der Waals surface area contributed by atoms with Crippen molar-refractivity contribution in [3.8, 4) is 5.75 Å². The van der Waals surface area contributed by atoms with Gasteiger partial charge in [0.05, 0.1) is 11.5 Å². The molecule has 3 N–H and O–H groups in total. The smallest absolute Gasteiger partial charge is 0.183 e. The monoisotopic (exact) mass is 298 g/mol. The Bertz CT molecular complexity index is 533. The van der Waals surface area contributed by atoms with Gasteiger partial charge in [0.15, 0.2) is 4.47 Å². The first kappa shape index (κ1) is 14.3. The summed E-state index contributed by atoms with van der Waals surface area (Å²) in [7, 11) is 0. The topological polar surface area (TPSA) is 68.4 Å². The molecule has 0 fully saturated rings. The largest absolute Gasteiger partial charge is 0.488 e. The van der Waals surface area contributed by atoms with E-state index in [0.29, 0.717) is 17.5 Å². The fraction of sp³-hybridized carbons (Fsp3) is 0.308. The lowest BCUT2D eigenvalue weighted by molar-refractivity contribution is 0.262. The Morgan fingerprint density at radius 2 is 2.21 bits per heavy atom. The van der Waals surface area contributed by atoms with E-state index in [1.54, 1.807) is 6.20 Å². The number of para-hydroxylation sites is 1. The van der Waals surface area contributed by atoms with Crippen molar-refractivity contribution in [2.24, 2.45) is 5.73 Å². The number of hydrogen-bond acceptors (Lipinski definition) is 5. The van der Waals surface area contributed by atoms with Crippen LogP contribution in [0, 0.1) is 0 Å². The SMILES string of the molecule is NC(CO)Cc1ccccc1OCc1cnc(Cl)s1. The van der Waals surface area contributed by atoms with Crippen molar-refractivity contribution in [3.63, 3.8) is 0 Å². The molecule has 0 saturated carbocycles. The summed E-state index contributed by atoms with van der Waals surface area (Å²) in [4.78, 5) is 4.93. The molecule has 1 heterocycles. The molecule has 6 heteroatoms. The summed E-state index contributed by atoms with van der Waals surface area (Å²) in [5.74, 6) is 0.774. The van der Waals surface area contributed by atoms with Gasteiger partial charge in [0.25, 0.3) is 0 Å². The summed E-state index contributed by atoms with van der Waals surface area (Å²) < 4.78 is 6.27. The van der Waals surface area contributed by atoms with E-state index in [-0.39, 0.29) is 12.6 Å². The van der Waals surface area contributed by atoms with Crippen molar-refractivity contribution in [3.05, 3.63) is 45.4 Å². The van der Waals surface area contributed by atoms with E-state index in [2.05, 4.69) is 4.98 Å². The van der Waals surface area contributed by atoms with E-state index >= 15 is 0 Å². The number of benzene rings is 1. The standard InChI is InChI=1S/C13H15ClN2O2S/c14-13-16-6-11(19-13)8-18-12-4-2-1-3-9(12)5-10(15)7-17/h1-4,6,10,17H,5,7-8,15H2. The Hall–Kier alpha value is -1.14. The fourth-order valence-electron chi connectivity index (χ4n) is 1.66. The number of nitrogens with zero attached hydrogens (tertiary/aromatic N) is 1. The van der Waals surface area contributed by atoms with Gasteiger partial charge in [0, 0.05) is 12.2 Å². The van der Waals surface area contributed by atoms with Crippen molar-refractivity contribution >= 4 is 22.9 Å². The summed E-state index contributed by atoms with van der Waals surface area (Å²) in [6.45, 7) is 0.383. The molecule has 102 valence electrons. The molecule has 2 aromatic rings. The van der Waals surface area contributed by atoms with Crippen LogP contribution in [0.3, 0.4) is 0 Å². The molecule has 0 radical (unpaired) electrons. The third-order valence-corrected chi connectivity index (χ3v) is 3.67. The highest BCUT2D eigenvalue weighted by Gasteiger charge is 2.09.